The number of rotatable bonds is 2. The second kappa shape index (κ2) is 4.47. The number of nitrogens with zero attached hydrogens (tertiary/aromatic N) is 4. The van der Waals surface area contributed by atoms with Crippen molar-refractivity contribution in [3.8, 4) is 5.69 Å². The Morgan fingerprint density at radius 2 is 2.38 bits per heavy atom. The molecule has 6 nitrogen and oxygen atoms in total. The number of pyridine rings is 1. The van der Waals surface area contributed by atoms with Gasteiger partial charge in [0.15, 0.2) is 5.84 Å². The molecule has 2 rings (SSSR count). The molecule has 2 aromatic rings. The van der Waals surface area contributed by atoms with E-state index in [4.69, 9.17) is 10.9 Å². The Kier molecular flexibility index (Phi) is 3.04. The molecular weight excluding hydrogens is 321 g/mol. The first kappa shape index (κ1) is 10.9. The van der Waals surface area contributed by atoms with Crippen LogP contribution in [0, 0.1) is 3.57 Å². The molecule has 0 aliphatic carbocycles. The summed E-state index contributed by atoms with van der Waals surface area (Å²) in [6.07, 6.45) is 5.19. The fraction of sp³-hybridized carbons (Fsp3) is 0. The Bertz CT molecular complexity index is 536. The van der Waals surface area contributed by atoms with Crippen LogP contribution in [0.5, 0.6) is 0 Å². The lowest BCUT2D eigenvalue weighted by molar-refractivity contribution is 0.318. The van der Waals surface area contributed by atoms with Crippen molar-refractivity contribution in [2.75, 3.05) is 0 Å². The molecule has 2 heterocycles. The molecule has 0 spiro atoms. The van der Waals surface area contributed by atoms with Crippen molar-refractivity contribution in [2.45, 2.75) is 0 Å². The van der Waals surface area contributed by atoms with Crippen molar-refractivity contribution in [3.63, 3.8) is 0 Å². The largest absolute Gasteiger partial charge is 0.409 e. The molecule has 0 saturated carbocycles. The number of amidine groups is 1. The summed E-state index contributed by atoms with van der Waals surface area (Å²) in [6.45, 7) is 0. The molecule has 3 N–H and O–H groups in total. The molecule has 82 valence electrons. The van der Waals surface area contributed by atoms with E-state index in [0.29, 0.717) is 5.69 Å². The van der Waals surface area contributed by atoms with Crippen LogP contribution in [0.1, 0.15) is 5.69 Å². The fourth-order valence-electron chi connectivity index (χ4n) is 1.20. The van der Waals surface area contributed by atoms with Crippen LogP contribution in [0.15, 0.2) is 35.9 Å². The van der Waals surface area contributed by atoms with Crippen molar-refractivity contribution < 1.29 is 5.21 Å². The number of halogens is 1. The maximum Gasteiger partial charge on any atom is 0.188 e. The van der Waals surface area contributed by atoms with Gasteiger partial charge in [0.2, 0.25) is 0 Å². The number of aromatic nitrogens is 3. The van der Waals surface area contributed by atoms with Crippen molar-refractivity contribution in [1.29, 1.82) is 0 Å². The summed E-state index contributed by atoms with van der Waals surface area (Å²) in [4.78, 5) is 3.98. The molecule has 0 unspecified atom stereocenters. The second-order valence-corrected chi connectivity index (χ2v) is 4.23. The monoisotopic (exact) mass is 329 g/mol. The molecular formula is C9H8IN5O. The molecule has 0 saturated heterocycles. The van der Waals surface area contributed by atoms with E-state index >= 15 is 0 Å². The van der Waals surface area contributed by atoms with Crippen LogP contribution in [-0.2, 0) is 0 Å². The highest BCUT2D eigenvalue weighted by molar-refractivity contribution is 14.1. The predicted molar refractivity (Wildman–Crippen MR) is 66.6 cm³/mol. The van der Waals surface area contributed by atoms with Gasteiger partial charge in [-0.25, -0.2) is 4.68 Å². The average molecular weight is 329 g/mol. The van der Waals surface area contributed by atoms with Crippen LogP contribution in [-0.4, -0.2) is 25.8 Å². The summed E-state index contributed by atoms with van der Waals surface area (Å²) in [5, 5.41) is 15.6. The minimum atomic E-state index is -0.0243. The molecule has 0 amide bonds. The van der Waals surface area contributed by atoms with Gasteiger partial charge in [0.25, 0.3) is 0 Å². The maximum absolute atomic E-state index is 8.55. The van der Waals surface area contributed by atoms with Gasteiger partial charge in [-0.1, -0.05) is 5.16 Å². The SMILES string of the molecule is NC(=NO)c1cc(-n2cc(I)cn2)ccn1. The van der Waals surface area contributed by atoms with Crippen molar-refractivity contribution in [1.82, 2.24) is 14.8 Å². The van der Waals surface area contributed by atoms with E-state index in [-0.39, 0.29) is 5.84 Å². The highest BCUT2D eigenvalue weighted by Crippen LogP contribution is 2.10. The van der Waals surface area contributed by atoms with Crippen molar-refractivity contribution in [3.05, 3.63) is 40.0 Å². The van der Waals surface area contributed by atoms with Gasteiger partial charge >= 0.3 is 0 Å². The molecule has 0 aliphatic heterocycles. The van der Waals surface area contributed by atoms with Gasteiger partial charge < -0.3 is 10.9 Å². The van der Waals surface area contributed by atoms with Gasteiger partial charge in [-0.3, -0.25) is 4.98 Å². The number of oxime groups is 1. The Morgan fingerprint density at radius 3 is 3.00 bits per heavy atom. The van der Waals surface area contributed by atoms with Crippen molar-refractivity contribution >= 4 is 28.4 Å². The summed E-state index contributed by atoms with van der Waals surface area (Å²) in [7, 11) is 0. The average Bonchev–Trinajstić information content (AvgIpc) is 2.75. The Hall–Kier alpha value is -1.64. The van der Waals surface area contributed by atoms with Crippen molar-refractivity contribution in [2.24, 2.45) is 10.9 Å². The minimum Gasteiger partial charge on any atom is -0.409 e. The molecule has 2 aromatic heterocycles. The second-order valence-electron chi connectivity index (χ2n) is 2.99. The standard InChI is InChI=1S/C9H8IN5O/c10-6-4-13-15(5-6)7-1-2-12-8(3-7)9(11)14-16/h1-5,16H,(H2,11,14). The van der Waals surface area contributed by atoms with E-state index in [0.717, 1.165) is 9.26 Å². The predicted octanol–water partition coefficient (Wildman–Crippen LogP) is 0.966. The van der Waals surface area contributed by atoms with Crippen LogP contribution in [0.4, 0.5) is 0 Å². The van der Waals surface area contributed by atoms with Gasteiger partial charge in [-0.15, -0.1) is 0 Å². The van der Waals surface area contributed by atoms with Crippen LogP contribution in [0.3, 0.4) is 0 Å². The highest BCUT2D eigenvalue weighted by Gasteiger charge is 2.04. The minimum absolute atomic E-state index is 0.0243. The zero-order chi connectivity index (χ0) is 11.5. The lowest BCUT2D eigenvalue weighted by Crippen LogP contribution is -2.15. The topological polar surface area (TPSA) is 89.3 Å². The maximum atomic E-state index is 8.55. The van der Waals surface area contributed by atoms with Gasteiger partial charge in [0.05, 0.1) is 15.5 Å². The summed E-state index contributed by atoms with van der Waals surface area (Å²) < 4.78 is 2.72. The number of hydrogen-bond acceptors (Lipinski definition) is 4. The third-order valence-corrected chi connectivity index (χ3v) is 2.49. The normalized spacial score (nSPS) is 11.7. The van der Waals surface area contributed by atoms with E-state index in [2.05, 4.69) is 37.8 Å². The van der Waals surface area contributed by atoms with Gasteiger partial charge in [-0.05, 0) is 34.7 Å². The summed E-state index contributed by atoms with van der Waals surface area (Å²) >= 11 is 2.17. The van der Waals surface area contributed by atoms with E-state index < -0.39 is 0 Å². The first-order chi connectivity index (χ1) is 7.70. The van der Waals surface area contributed by atoms with Gasteiger partial charge in [0.1, 0.15) is 5.69 Å². The van der Waals surface area contributed by atoms with Crippen LogP contribution in [0.2, 0.25) is 0 Å². The molecule has 0 aliphatic rings. The zero-order valence-electron chi connectivity index (χ0n) is 8.08. The third-order valence-electron chi connectivity index (χ3n) is 1.93. The van der Waals surface area contributed by atoms with Gasteiger partial charge in [-0.2, -0.15) is 5.10 Å². The number of hydrogen-bond donors (Lipinski definition) is 2. The zero-order valence-corrected chi connectivity index (χ0v) is 10.2. The molecule has 0 atom stereocenters. The summed E-state index contributed by atoms with van der Waals surface area (Å²) in [6, 6.07) is 3.48. The third kappa shape index (κ3) is 2.13. The van der Waals surface area contributed by atoms with E-state index in [1.165, 1.54) is 0 Å². The van der Waals surface area contributed by atoms with Crippen LogP contribution in [0.25, 0.3) is 5.69 Å². The van der Waals surface area contributed by atoms with E-state index in [1.54, 1.807) is 29.2 Å². The first-order valence-electron chi connectivity index (χ1n) is 4.35. The van der Waals surface area contributed by atoms with E-state index in [1.807, 2.05) is 6.20 Å². The first-order valence-corrected chi connectivity index (χ1v) is 5.43. The Labute approximate surface area is 105 Å². The smallest absolute Gasteiger partial charge is 0.188 e. The van der Waals surface area contributed by atoms with Crippen LogP contribution >= 0.6 is 22.6 Å². The molecule has 0 bridgehead atoms. The molecule has 7 heteroatoms. The van der Waals surface area contributed by atoms with Crippen LogP contribution < -0.4 is 5.73 Å². The molecule has 16 heavy (non-hydrogen) atoms. The highest BCUT2D eigenvalue weighted by atomic mass is 127. The lowest BCUT2D eigenvalue weighted by Gasteiger charge is -2.02. The Balaban J connectivity index is 2.43. The summed E-state index contributed by atoms with van der Waals surface area (Å²) in [5.74, 6) is -0.0243. The van der Waals surface area contributed by atoms with E-state index in [9.17, 15) is 0 Å². The fourth-order valence-corrected chi connectivity index (χ4v) is 1.58. The Morgan fingerprint density at radius 1 is 1.56 bits per heavy atom. The lowest BCUT2D eigenvalue weighted by atomic mass is 10.3. The quantitative estimate of drug-likeness (QED) is 0.282. The molecule has 0 radical (unpaired) electrons. The molecule has 0 aromatic carbocycles. The summed E-state index contributed by atoms with van der Waals surface area (Å²) in [5.41, 5.74) is 6.67. The number of nitrogens with two attached hydrogens (primary N) is 1. The molecule has 0 fully saturated rings. The van der Waals surface area contributed by atoms with Gasteiger partial charge in [0, 0.05) is 12.4 Å².